The van der Waals surface area contributed by atoms with Gasteiger partial charge in [-0.05, 0) is 52.0 Å². The van der Waals surface area contributed by atoms with Crippen LogP contribution in [0.5, 0.6) is 5.88 Å². The lowest BCUT2D eigenvalue weighted by Gasteiger charge is -2.26. The van der Waals surface area contributed by atoms with E-state index in [9.17, 15) is 5.11 Å². The molecular weight excluding hydrogens is 382 g/mol. The van der Waals surface area contributed by atoms with E-state index in [1.807, 2.05) is 19.3 Å². The van der Waals surface area contributed by atoms with Gasteiger partial charge in [0.25, 0.3) is 0 Å². The van der Waals surface area contributed by atoms with E-state index in [2.05, 4.69) is 27.2 Å². The van der Waals surface area contributed by atoms with E-state index in [0.29, 0.717) is 24.4 Å². The number of nitrogens with zero attached hydrogens (tertiary/aromatic N) is 4. The number of likely N-dealkylation sites (tertiary alicyclic amines) is 1. The Morgan fingerprint density at radius 3 is 2.70 bits per heavy atom. The molecule has 4 rings (SSSR count). The van der Waals surface area contributed by atoms with E-state index < -0.39 is 0 Å². The zero-order chi connectivity index (χ0) is 21.1. The summed E-state index contributed by atoms with van der Waals surface area (Å²) in [6, 6.07) is 0.104. The average Bonchev–Trinajstić information content (AvgIpc) is 3.14. The maximum absolute atomic E-state index is 9.92. The number of likely N-dealkylation sites (N-methyl/N-ethyl adjacent to an activating group) is 1. The van der Waals surface area contributed by atoms with Crippen molar-refractivity contribution < 1.29 is 14.6 Å². The summed E-state index contributed by atoms with van der Waals surface area (Å²) in [6.45, 7) is 4.56. The van der Waals surface area contributed by atoms with Crippen LogP contribution in [-0.4, -0.2) is 77.1 Å². The standard InChI is InChI=1S/C22H33N5O3/c1-14(13-29-3)25-22-24-11-19-20(26-22)18(15-4-6-16(28)7-5-15)10-23-21(19)30-17-8-9-27(2)12-17/h10-11,14-17,28H,4-9,12-13H2,1-3H3,(H,24,25,26)/t14-,15?,16?,17-/m0/s1. The number of hydrogen-bond acceptors (Lipinski definition) is 8. The summed E-state index contributed by atoms with van der Waals surface area (Å²) in [5.41, 5.74) is 2.02. The van der Waals surface area contributed by atoms with Gasteiger partial charge in [-0.1, -0.05) is 0 Å². The third-order valence-corrected chi connectivity index (χ3v) is 6.17. The number of rotatable bonds is 7. The van der Waals surface area contributed by atoms with Crippen molar-refractivity contribution in [2.45, 2.75) is 63.2 Å². The Hall–Kier alpha value is -2.03. The maximum Gasteiger partial charge on any atom is 0.224 e. The Balaban J connectivity index is 1.67. The molecule has 0 unspecified atom stereocenters. The molecule has 2 fully saturated rings. The molecule has 2 aromatic heterocycles. The summed E-state index contributed by atoms with van der Waals surface area (Å²) >= 11 is 0. The fourth-order valence-electron chi connectivity index (χ4n) is 4.53. The molecule has 164 valence electrons. The molecule has 8 heteroatoms. The molecule has 0 radical (unpaired) electrons. The van der Waals surface area contributed by atoms with Crippen LogP contribution < -0.4 is 10.1 Å². The third kappa shape index (κ3) is 4.82. The minimum Gasteiger partial charge on any atom is -0.472 e. The molecule has 8 nitrogen and oxygen atoms in total. The van der Waals surface area contributed by atoms with Crippen molar-refractivity contribution in [2.24, 2.45) is 0 Å². The molecule has 30 heavy (non-hydrogen) atoms. The fraction of sp³-hybridized carbons (Fsp3) is 0.682. The molecular formula is C22H33N5O3. The molecule has 0 aromatic carbocycles. The van der Waals surface area contributed by atoms with Crippen LogP contribution in [-0.2, 0) is 4.74 Å². The Bertz CT molecular complexity index is 856. The van der Waals surface area contributed by atoms with Crippen molar-refractivity contribution in [3.05, 3.63) is 18.0 Å². The van der Waals surface area contributed by atoms with Crippen molar-refractivity contribution in [3.8, 4) is 5.88 Å². The minimum atomic E-state index is -0.191. The first-order valence-electron chi connectivity index (χ1n) is 11.0. The number of anilines is 1. The lowest BCUT2D eigenvalue weighted by atomic mass is 9.83. The lowest BCUT2D eigenvalue weighted by Crippen LogP contribution is -2.23. The average molecular weight is 416 g/mol. The van der Waals surface area contributed by atoms with Crippen LogP contribution >= 0.6 is 0 Å². The Labute approximate surface area is 178 Å². The second kappa shape index (κ2) is 9.41. The van der Waals surface area contributed by atoms with Gasteiger partial charge in [0, 0.05) is 44.2 Å². The largest absolute Gasteiger partial charge is 0.472 e. The summed E-state index contributed by atoms with van der Waals surface area (Å²) in [6.07, 6.45) is 8.22. The molecule has 2 aliphatic rings. The van der Waals surface area contributed by atoms with Gasteiger partial charge in [-0.15, -0.1) is 0 Å². The van der Waals surface area contributed by atoms with Crippen LogP contribution in [0.3, 0.4) is 0 Å². The topological polar surface area (TPSA) is 92.6 Å². The first-order valence-corrected chi connectivity index (χ1v) is 11.0. The van der Waals surface area contributed by atoms with Crippen molar-refractivity contribution in [3.63, 3.8) is 0 Å². The number of hydrogen-bond donors (Lipinski definition) is 2. The molecule has 0 amide bonds. The number of ether oxygens (including phenoxy) is 2. The molecule has 1 saturated carbocycles. The molecule has 1 aliphatic heterocycles. The van der Waals surface area contributed by atoms with E-state index >= 15 is 0 Å². The first kappa shape index (κ1) is 21.2. The molecule has 2 aromatic rings. The first-order chi connectivity index (χ1) is 14.5. The van der Waals surface area contributed by atoms with E-state index in [0.717, 1.165) is 61.7 Å². The molecule has 2 N–H and O–H groups in total. The quantitative estimate of drug-likeness (QED) is 0.713. The van der Waals surface area contributed by atoms with Crippen LogP contribution in [0.25, 0.3) is 10.9 Å². The monoisotopic (exact) mass is 415 g/mol. The zero-order valence-electron chi connectivity index (χ0n) is 18.2. The molecule has 1 aliphatic carbocycles. The highest BCUT2D eigenvalue weighted by molar-refractivity contribution is 5.86. The van der Waals surface area contributed by atoms with Crippen LogP contribution in [0, 0.1) is 0 Å². The number of methoxy groups -OCH3 is 1. The second-order valence-electron chi connectivity index (χ2n) is 8.77. The lowest BCUT2D eigenvalue weighted by molar-refractivity contribution is 0.122. The van der Waals surface area contributed by atoms with Gasteiger partial charge in [0.05, 0.1) is 23.6 Å². The third-order valence-electron chi connectivity index (χ3n) is 6.17. The minimum absolute atomic E-state index is 0.104. The Morgan fingerprint density at radius 1 is 1.20 bits per heavy atom. The number of aromatic nitrogens is 3. The van der Waals surface area contributed by atoms with Gasteiger partial charge < -0.3 is 24.8 Å². The molecule has 1 saturated heterocycles. The van der Waals surface area contributed by atoms with E-state index in [1.54, 1.807) is 7.11 Å². The summed E-state index contributed by atoms with van der Waals surface area (Å²) < 4.78 is 11.5. The van der Waals surface area contributed by atoms with Gasteiger partial charge in [-0.25, -0.2) is 15.0 Å². The van der Waals surface area contributed by atoms with E-state index in [1.165, 1.54) is 0 Å². The number of pyridine rings is 1. The SMILES string of the molecule is COC[C@H](C)Nc1ncc2c(O[C@H]3CCN(C)C3)ncc(C3CCC(O)CC3)c2n1. The highest BCUT2D eigenvalue weighted by Crippen LogP contribution is 2.38. The second-order valence-corrected chi connectivity index (χ2v) is 8.77. The molecule has 2 atom stereocenters. The van der Waals surface area contributed by atoms with Crippen LogP contribution in [0.15, 0.2) is 12.4 Å². The van der Waals surface area contributed by atoms with Gasteiger partial charge in [-0.2, -0.15) is 0 Å². The van der Waals surface area contributed by atoms with Crippen LogP contribution in [0.1, 0.15) is 50.5 Å². The molecule has 0 spiro atoms. The van der Waals surface area contributed by atoms with Crippen LogP contribution in [0.4, 0.5) is 5.95 Å². The van der Waals surface area contributed by atoms with Crippen LogP contribution in [0.2, 0.25) is 0 Å². The summed E-state index contributed by atoms with van der Waals surface area (Å²) in [4.78, 5) is 16.4. The van der Waals surface area contributed by atoms with Gasteiger partial charge in [0.15, 0.2) is 0 Å². The van der Waals surface area contributed by atoms with Crippen molar-refractivity contribution in [2.75, 3.05) is 39.2 Å². The van der Waals surface area contributed by atoms with Crippen molar-refractivity contribution >= 4 is 16.9 Å². The fourth-order valence-corrected chi connectivity index (χ4v) is 4.53. The van der Waals surface area contributed by atoms with E-state index in [-0.39, 0.29) is 18.2 Å². The number of nitrogens with one attached hydrogen (secondary N) is 1. The molecule has 3 heterocycles. The van der Waals surface area contributed by atoms with Crippen molar-refractivity contribution in [1.82, 2.24) is 19.9 Å². The summed E-state index contributed by atoms with van der Waals surface area (Å²) in [7, 11) is 3.79. The van der Waals surface area contributed by atoms with Crippen molar-refractivity contribution in [1.29, 1.82) is 0 Å². The Kier molecular flexibility index (Phi) is 6.65. The Morgan fingerprint density at radius 2 is 2.00 bits per heavy atom. The normalized spacial score (nSPS) is 26.1. The smallest absolute Gasteiger partial charge is 0.224 e. The van der Waals surface area contributed by atoms with Gasteiger partial charge in [0.1, 0.15) is 6.10 Å². The zero-order valence-corrected chi connectivity index (χ0v) is 18.2. The summed E-state index contributed by atoms with van der Waals surface area (Å²) in [5.74, 6) is 1.54. The summed E-state index contributed by atoms with van der Waals surface area (Å²) in [5, 5.41) is 14.1. The van der Waals surface area contributed by atoms with E-state index in [4.69, 9.17) is 14.5 Å². The van der Waals surface area contributed by atoms with Gasteiger partial charge in [0.2, 0.25) is 11.8 Å². The number of aliphatic hydroxyl groups is 1. The highest BCUT2D eigenvalue weighted by Gasteiger charge is 2.27. The molecule has 0 bridgehead atoms. The van der Waals surface area contributed by atoms with Gasteiger partial charge >= 0.3 is 0 Å². The predicted molar refractivity (Wildman–Crippen MR) is 116 cm³/mol. The predicted octanol–water partition coefficient (Wildman–Crippen LogP) is 2.57. The maximum atomic E-state index is 9.92. The van der Waals surface area contributed by atoms with Gasteiger partial charge in [-0.3, -0.25) is 0 Å². The number of fused-ring (bicyclic) bond motifs is 1. The highest BCUT2D eigenvalue weighted by atomic mass is 16.5. The number of aliphatic hydroxyl groups excluding tert-OH is 1.